The lowest BCUT2D eigenvalue weighted by Crippen LogP contribution is -2.24. The summed E-state index contributed by atoms with van der Waals surface area (Å²) in [5.74, 6) is 0.652. The summed E-state index contributed by atoms with van der Waals surface area (Å²) in [5.41, 5.74) is 3.18. The van der Waals surface area contributed by atoms with Gasteiger partial charge in [0.05, 0.1) is 30.8 Å². The zero-order valence-corrected chi connectivity index (χ0v) is 25.4. The Labute approximate surface area is 246 Å². The summed E-state index contributed by atoms with van der Waals surface area (Å²) < 4.78 is 19.0. The van der Waals surface area contributed by atoms with Crippen LogP contribution in [0.5, 0.6) is 17.2 Å². The van der Waals surface area contributed by atoms with Crippen LogP contribution < -0.4 is 19.8 Å². The number of aliphatic carboxylic acids is 1. The molecule has 0 saturated heterocycles. The number of fused-ring (bicyclic) bond motifs is 1. The number of para-hydroxylation sites is 1. The summed E-state index contributed by atoms with van der Waals surface area (Å²) in [6.07, 6.45) is 0.282. The number of hydrogen-bond donors (Lipinski definition) is 1. The van der Waals surface area contributed by atoms with Gasteiger partial charge in [0.15, 0.2) is 23.4 Å². The van der Waals surface area contributed by atoms with E-state index >= 15 is 0 Å². The first-order valence-corrected chi connectivity index (χ1v) is 14.0. The van der Waals surface area contributed by atoms with Crippen LogP contribution in [0.4, 0.5) is 0 Å². The summed E-state index contributed by atoms with van der Waals surface area (Å²) in [5, 5.41) is 14.4. The van der Waals surface area contributed by atoms with Crippen LogP contribution in [0.1, 0.15) is 50.3 Å². The number of carbonyl (C=O) groups is 1. The summed E-state index contributed by atoms with van der Waals surface area (Å²) in [6.45, 7) is 9.99. The smallest absolute Gasteiger partial charge is 0.344 e. The Hall–Kier alpha value is -4.18. The number of aromatic nitrogens is 2. The first kappa shape index (κ1) is 29.8. The summed E-state index contributed by atoms with van der Waals surface area (Å²) in [7, 11) is 1.46. The monoisotopic (exact) mass is 621 g/mol. The molecular weight excluding hydrogens is 590 g/mol. The number of ether oxygens (including phenoxy) is 3. The van der Waals surface area contributed by atoms with E-state index < -0.39 is 12.1 Å². The summed E-state index contributed by atoms with van der Waals surface area (Å²) in [4.78, 5) is 30.2. The van der Waals surface area contributed by atoms with E-state index in [1.807, 2.05) is 32.0 Å². The van der Waals surface area contributed by atoms with Crippen LogP contribution in [0.25, 0.3) is 22.3 Å². The van der Waals surface area contributed by atoms with Gasteiger partial charge in [-0.3, -0.25) is 4.79 Å². The van der Waals surface area contributed by atoms with Gasteiger partial charge < -0.3 is 19.3 Å². The molecule has 0 spiro atoms. The average molecular weight is 623 g/mol. The number of rotatable bonds is 10. The van der Waals surface area contributed by atoms with E-state index in [4.69, 9.17) is 19.2 Å². The lowest BCUT2D eigenvalue weighted by atomic mass is 9.96. The maximum atomic E-state index is 13.8. The van der Waals surface area contributed by atoms with Crippen molar-refractivity contribution in [3.8, 4) is 28.6 Å². The lowest BCUT2D eigenvalue weighted by Gasteiger charge is -2.18. The number of nitrogens with zero attached hydrogens (tertiary/aromatic N) is 3. The topological polar surface area (TPSA) is 112 Å². The molecule has 1 N–H and O–H groups in total. The predicted octanol–water partition coefficient (Wildman–Crippen LogP) is 6.40. The molecule has 1 aromatic heterocycles. The molecule has 0 fully saturated rings. The fourth-order valence-electron chi connectivity index (χ4n) is 4.39. The third-order valence-corrected chi connectivity index (χ3v) is 6.95. The predicted molar refractivity (Wildman–Crippen MR) is 163 cm³/mol. The van der Waals surface area contributed by atoms with Crippen molar-refractivity contribution in [1.82, 2.24) is 9.66 Å². The first-order valence-electron chi connectivity index (χ1n) is 13.2. The molecule has 0 bridgehead atoms. The molecule has 0 radical (unpaired) electrons. The highest BCUT2D eigenvalue weighted by molar-refractivity contribution is 9.10. The molecule has 0 aliphatic carbocycles. The van der Waals surface area contributed by atoms with Crippen molar-refractivity contribution < 1.29 is 24.1 Å². The van der Waals surface area contributed by atoms with E-state index in [9.17, 15) is 14.7 Å². The van der Waals surface area contributed by atoms with Crippen LogP contribution >= 0.6 is 15.9 Å². The van der Waals surface area contributed by atoms with E-state index in [-0.39, 0.29) is 17.2 Å². The molecular formula is C31H32BrN3O6. The number of aryl methyl sites for hydroxylation is 1. The number of benzene rings is 3. The molecule has 3 aromatic carbocycles. The van der Waals surface area contributed by atoms with E-state index in [1.165, 1.54) is 24.9 Å². The van der Waals surface area contributed by atoms with Gasteiger partial charge in [0, 0.05) is 15.6 Å². The molecule has 4 rings (SSSR count). The average Bonchev–Trinajstić information content (AvgIpc) is 2.93. The molecule has 0 amide bonds. The molecule has 0 unspecified atom stereocenters. The number of carboxylic acid groups (broad SMARTS) is 1. The van der Waals surface area contributed by atoms with Crippen molar-refractivity contribution in [3.05, 3.63) is 80.0 Å². The van der Waals surface area contributed by atoms with Crippen molar-refractivity contribution in [2.45, 2.75) is 46.6 Å². The third-order valence-electron chi connectivity index (χ3n) is 6.50. The van der Waals surface area contributed by atoms with E-state index in [2.05, 4.69) is 34.9 Å². The van der Waals surface area contributed by atoms with E-state index in [1.54, 1.807) is 30.3 Å². The number of carboxylic acids is 1. The first-order chi connectivity index (χ1) is 19.5. The largest absolute Gasteiger partial charge is 0.494 e. The van der Waals surface area contributed by atoms with Crippen molar-refractivity contribution in [3.63, 3.8) is 0 Å². The Kier molecular flexibility index (Phi) is 9.12. The number of hydrogen-bond acceptors (Lipinski definition) is 7. The second kappa shape index (κ2) is 12.6. The molecule has 1 atom stereocenters. The SMILES string of the molecule is CCOc1cc(C)c(-c2nc3ccccc3c(=O)n2N=Cc2cc(Br)cc(OC)c2O[C@@H](C)C(=O)O)cc1C(C)C. The lowest BCUT2D eigenvalue weighted by molar-refractivity contribution is -0.144. The van der Waals surface area contributed by atoms with E-state index in [0.717, 1.165) is 22.4 Å². The Morgan fingerprint density at radius 1 is 1.15 bits per heavy atom. The van der Waals surface area contributed by atoms with Gasteiger partial charge in [-0.1, -0.05) is 41.9 Å². The fraction of sp³-hybridized carbons (Fsp3) is 0.290. The summed E-state index contributed by atoms with van der Waals surface area (Å²) >= 11 is 3.45. The Balaban J connectivity index is 1.98. The number of halogens is 1. The zero-order valence-electron chi connectivity index (χ0n) is 23.8. The zero-order chi connectivity index (χ0) is 29.8. The van der Waals surface area contributed by atoms with Crippen LogP contribution in [-0.4, -0.2) is 46.8 Å². The van der Waals surface area contributed by atoms with Crippen LogP contribution in [0.3, 0.4) is 0 Å². The molecule has 0 aliphatic rings. The standard InChI is InChI=1S/C31H32BrN3O6/c1-7-40-26-12-18(4)24(15-23(26)17(2)3)29-34-25-11-9-8-10-22(25)30(36)35(29)33-16-20-13-21(32)14-27(39-6)28(20)41-19(5)31(37)38/h8-17,19H,7H2,1-6H3,(H,37,38)/t19-/m0/s1. The van der Waals surface area contributed by atoms with Gasteiger partial charge in [-0.05, 0) is 74.2 Å². The maximum Gasteiger partial charge on any atom is 0.344 e. The van der Waals surface area contributed by atoms with Gasteiger partial charge in [-0.2, -0.15) is 9.78 Å². The molecule has 0 saturated carbocycles. The second-order valence-corrected chi connectivity index (χ2v) is 10.6. The highest BCUT2D eigenvalue weighted by atomic mass is 79.9. The highest BCUT2D eigenvalue weighted by Gasteiger charge is 2.21. The highest BCUT2D eigenvalue weighted by Crippen LogP contribution is 2.36. The Bertz CT molecular complexity index is 1700. The maximum absolute atomic E-state index is 13.8. The van der Waals surface area contributed by atoms with Crippen molar-refractivity contribution >= 4 is 39.0 Å². The fourth-order valence-corrected chi connectivity index (χ4v) is 4.84. The van der Waals surface area contributed by atoms with Crippen molar-refractivity contribution in [1.29, 1.82) is 0 Å². The quantitative estimate of drug-likeness (QED) is 0.204. The van der Waals surface area contributed by atoms with Gasteiger partial charge in [0.1, 0.15) is 5.75 Å². The molecule has 214 valence electrons. The van der Waals surface area contributed by atoms with Gasteiger partial charge >= 0.3 is 5.97 Å². The van der Waals surface area contributed by atoms with Crippen LogP contribution in [0, 0.1) is 6.92 Å². The van der Waals surface area contributed by atoms with Gasteiger partial charge in [0.25, 0.3) is 5.56 Å². The van der Waals surface area contributed by atoms with Gasteiger partial charge in [-0.25, -0.2) is 9.78 Å². The minimum absolute atomic E-state index is 0.157. The number of methoxy groups -OCH3 is 1. The molecule has 9 nitrogen and oxygen atoms in total. The van der Waals surface area contributed by atoms with Crippen LogP contribution in [0.15, 0.2) is 62.9 Å². The van der Waals surface area contributed by atoms with Crippen molar-refractivity contribution in [2.24, 2.45) is 5.10 Å². The summed E-state index contributed by atoms with van der Waals surface area (Å²) in [6, 6.07) is 14.4. The second-order valence-electron chi connectivity index (χ2n) is 9.73. The normalized spacial score (nSPS) is 12.2. The third kappa shape index (κ3) is 6.27. The Morgan fingerprint density at radius 2 is 1.88 bits per heavy atom. The molecule has 1 heterocycles. The molecule has 10 heteroatoms. The minimum Gasteiger partial charge on any atom is -0.494 e. The molecule has 41 heavy (non-hydrogen) atoms. The Morgan fingerprint density at radius 3 is 2.54 bits per heavy atom. The molecule has 4 aromatic rings. The molecule has 0 aliphatic heterocycles. The minimum atomic E-state index is -1.15. The van der Waals surface area contributed by atoms with Crippen LogP contribution in [0.2, 0.25) is 0 Å². The van der Waals surface area contributed by atoms with Gasteiger partial charge in [-0.15, -0.1) is 0 Å². The van der Waals surface area contributed by atoms with E-state index in [0.29, 0.717) is 39.1 Å². The van der Waals surface area contributed by atoms with Crippen molar-refractivity contribution in [2.75, 3.05) is 13.7 Å². The van der Waals surface area contributed by atoms with Crippen LogP contribution in [-0.2, 0) is 4.79 Å². The van der Waals surface area contributed by atoms with Gasteiger partial charge in [0.2, 0.25) is 0 Å².